The Bertz CT molecular complexity index is 929. The molecular weight excluding hydrogens is 364 g/mol. The first kappa shape index (κ1) is 18.0. The van der Waals surface area contributed by atoms with Gasteiger partial charge in [-0.25, -0.2) is 0 Å². The molecule has 0 aromatic heterocycles. The molecule has 1 saturated heterocycles. The molecular formula is C20H20N2O6. The molecule has 1 N–H and O–H groups in total. The third kappa shape index (κ3) is 3.28. The Hall–Kier alpha value is -3.42. The van der Waals surface area contributed by atoms with Gasteiger partial charge in [-0.3, -0.25) is 9.59 Å². The third-order valence-corrected chi connectivity index (χ3v) is 4.81. The maximum absolute atomic E-state index is 12.7. The number of amides is 2. The molecule has 0 spiro atoms. The lowest BCUT2D eigenvalue weighted by molar-refractivity contribution is -0.122. The molecule has 4 rings (SSSR count). The van der Waals surface area contributed by atoms with Crippen molar-refractivity contribution in [1.82, 2.24) is 0 Å². The van der Waals surface area contributed by atoms with Gasteiger partial charge >= 0.3 is 0 Å². The lowest BCUT2D eigenvalue weighted by Gasteiger charge is -2.18. The van der Waals surface area contributed by atoms with E-state index in [4.69, 9.17) is 18.9 Å². The van der Waals surface area contributed by atoms with Gasteiger partial charge in [0.2, 0.25) is 18.6 Å². The van der Waals surface area contributed by atoms with Gasteiger partial charge in [-0.2, -0.15) is 0 Å². The number of anilines is 2. The zero-order valence-electron chi connectivity index (χ0n) is 15.6. The maximum atomic E-state index is 12.7. The Labute approximate surface area is 161 Å². The van der Waals surface area contributed by atoms with Crippen LogP contribution >= 0.6 is 0 Å². The Balaban J connectivity index is 1.46. The summed E-state index contributed by atoms with van der Waals surface area (Å²) in [7, 11) is 3.09. The number of nitrogens with one attached hydrogen (secondary N) is 1. The van der Waals surface area contributed by atoms with Crippen LogP contribution in [0.15, 0.2) is 36.4 Å². The van der Waals surface area contributed by atoms with Crippen molar-refractivity contribution < 1.29 is 28.5 Å². The van der Waals surface area contributed by atoms with Crippen molar-refractivity contribution in [3.05, 3.63) is 36.4 Å². The number of nitrogens with zero attached hydrogens (tertiary/aromatic N) is 1. The minimum Gasteiger partial charge on any atom is -0.493 e. The molecule has 28 heavy (non-hydrogen) atoms. The number of methoxy groups -OCH3 is 2. The van der Waals surface area contributed by atoms with E-state index in [2.05, 4.69) is 5.32 Å². The highest BCUT2D eigenvalue weighted by molar-refractivity contribution is 6.03. The third-order valence-electron chi connectivity index (χ3n) is 4.81. The van der Waals surface area contributed by atoms with E-state index in [0.717, 1.165) is 0 Å². The number of ether oxygens (including phenoxy) is 4. The number of carbonyl (C=O) groups excluding carboxylic acids is 2. The summed E-state index contributed by atoms with van der Waals surface area (Å²) in [5.74, 6) is 1.57. The molecule has 8 nitrogen and oxygen atoms in total. The largest absolute Gasteiger partial charge is 0.493 e. The van der Waals surface area contributed by atoms with Crippen LogP contribution < -0.4 is 29.2 Å². The van der Waals surface area contributed by atoms with Gasteiger partial charge in [-0.15, -0.1) is 0 Å². The van der Waals surface area contributed by atoms with Crippen LogP contribution in [0, 0.1) is 5.92 Å². The van der Waals surface area contributed by atoms with Gasteiger partial charge in [0.1, 0.15) is 0 Å². The summed E-state index contributed by atoms with van der Waals surface area (Å²) in [6, 6.07) is 10.4. The molecule has 2 aromatic rings. The molecule has 2 heterocycles. The number of fused-ring (bicyclic) bond motifs is 1. The number of hydrogen-bond acceptors (Lipinski definition) is 6. The van der Waals surface area contributed by atoms with Crippen LogP contribution in [0.4, 0.5) is 11.4 Å². The summed E-state index contributed by atoms with van der Waals surface area (Å²) < 4.78 is 21.1. The van der Waals surface area contributed by atoms with E-state index in [0.29, 0.717) is 40.9 Å². The Morgan fingerprint density at radius 1 is 1.07 bits per heavy atom. The molecule has 2 amide bonds. The normalized spacial score (nSPS) is 17.6. The van der Waals surface area contributed by atoms with E-state index < -0.39 is 5.92 Å². The first-order valence-corrected chi connectivity index (χ1v) is 8.82. The van der Waals surface area contributed by atoms with Crippen LogP contribution in [0.25, 0.3) is 0 Å². The number of benzene rings is 2. The summed E-state index contributed by atoms with van der Waals surface area (Å²) in [6.45, 7) is 0.467. The van der Waals surface area contributed by atoms with Crippen LogP contribution in [-0.4, -0.2) is 39.4 Å². The first-order chi connectivity index (χ1) is 13.6. The van der Waals surface area contributed by atoms with Gasteiger partial charge in [-0.05, 0) is 24.3 Å². The minimum atomic E-state index is -0.453. The fraction of sp³-hybridized carbons (Fsp3) is 0.300. The summed E-state index contributed by atoms with van der Waals surface area (Å²) in [6.07, 6.45) is 0.144. The zero-order chi connectivity index (χ0) is 19.7. The number of carbonyl (C=O) groups is 2. The quantitative estimate of drug-likeness (QED) is 0.852. The van der Waals surface area contributed by atoms with Gasteiger partial charge < -0.3 is 29.2 Å². The van der Waals surface area contributed by atoms with Crippen molar-refractivity contribution in [1.29, 1.82) is 0 Å². The lowest BCUT2D eigenvalue weighted by atomic mass is 10.1. The van der Waals surface area contributed by atoms with Crippen molar-refractivity contribution in [2.75, 3.05) is 37.8 Å². The van der Waals surface area contributed by atoms with E-state index in [9.17, 15) is 9.59 Å². The smallest absolute Gasteiger partial charge is 0.231 e. The molecule has 2 aliphatic rings. The molecule has 1 unspecified atom stereocenters. The molecule has 1 fully saturated rings. The van der Waals surface area contributed by atoms with Crippen molar-refractivity contribution in [2.24, 2.45) is 5.92 Å². The monoisotopic (exact) mass is 384 g/mol. The second-order valence-corrected chi connectivity index (χ2v) is 6.50. The standard InChI is InChI=1S/C20H20N2O6/c1-25-15-6-4-14(9-17(15)26-2)22-10-12(7-19(22)23)20(24)21-13-3-5-16-18(8-13)28-11-27-16/h3-6,8-9,12H,7,10-11H2,1-2H3,(H,21,24). The molecule has 1 atom stereocenters. The van der Waals surface area contributed by atoms with Crippen molar-refractivity contribution in [3.63, 3.8) is 0 Å². The van der Waals surface area contributed by atoms with Crippen molar-refractivity contribution in [3.8, 4) is 23.0 Å². The molecule has 2 aromatic carbocycles. The van der Waals surface area contributed by atoms with Gasteiger partial charge in [-0.1, -0.05) is 0 Å². The lowest BCUT2D eigenvalue weighted by Crippen LogP contribution is -2.28. The highest BCUT2D eigenvalue weighted by atomic mass is 16.7. The Morgan fingerprint density at radius 2 is 1.86 bits per heavy atom. The van der Waals surface area contributed by atoms with Crippen LogP contribution in [0.5, 0.6) is 23.0 Å². The predicted octanol–water partition coefficient (Wildman–Crippen LogP) is 2.42. The van der Waals surface area contributed by atoms with Crippen molar-refractivity contribution in [2.45, 2.75) is 6.42 Å². The molecule has 0 radical (unpaired) electrons. The minimum absolute atomic E-state index is 0.113. The van der Waals surface area contributed by atoms with Gasteiger partial charge in [0, 0.05) is 36.5 Å². The molecule has 0 saturated carbocycles. The van der Waals surface area contributed by atoms with Crippen LogP contribution in [0.2, 0.25) is 0 Å². The second kappa shape index (κ2) is 7.30. The average Bonchev–Trinajstić information content (AvgIpc) is 3.33. The van der Waals surface area contributed by atoms with Gasteiger partial charge in [0.25, 0.3) is 0 Å². The predicted molar refractivity (Wildman–Crippen MR) is 101 cm³/mol. The highest BCUT2D eigenvalue weighted by Gasteiger charge is 2.35. The van der Waals surface area contributed by atoms with E-state index >= 15 is 0 Å². The topological polar surface area (TPSA) is 86.3 Å². The fourth-order valence-electron chi connectivity index (χ4n) is 3.34. The van der Waals surface area contributed by atoms with Crippen molar-refractivity contribution >= 4 is 23.2 Å². The van der Waals surface area contributed by atoms with Crippen LogP contribution in [-0.2, 0) is 9.59 Å². The molecule has 0 bridgehead atoms. The average molecular weight is 384 g/mol. The summed E-state index contributed by atoms with van der Waals surface area (Å²) in [5.41, 5.74) is 1.27. The van der Waals surface area contributed by atoms with E-state index in [1.807, 2.05) is 0 Å². The first-order valence-electron chi connectivity index (χ1n) is 8.82. The van der Waals surface area contributed by atoms with E-state index in [1.165, 1.54) is 7.11 Å². The molecule has 8 heteroatoms. The second-order valence-electron chi connectivity index (χ2n) is 6.50. The van der Waals surface area contributed by atoms with Gasteiger partial charge in [0.05, 0.1) is 20.1 Å². The number of rotatable bonds is 5. The van der Waals surface area contributed by atoms with E-state index in [-0.39, 0.29) is 25.0 Å². The molecule has 2 aliphatic heterocycles. The van der Waals surface area contributed by atoms with Crippen LogP contribution in [0.3, 0.4) is 0 Å². The number of hydrogen-bond donors (Lipinski definition) is 1. The zero-order valence-corrected chi connectivity index (χ0v) is 15.6. The highest BCUT2D eigenvalue weighted by Crippen LogP contribution is 2.36. The van der Waals surface area contributed by atoms with E-state index in [1.54, 1.807) is 48.4 Å². The molecule has 146 valence electrons. The summed E-state index contributed by atoms with van der Waals surface area (Å²) >= 11 is 0. The van der Waals surface area contributed by atoms with Crippen LogP contribution in [0.1, 0.15) is 6.42 Å². The Morgan fingerprint density at radius 3 is 2.64 bits per heavy atom. The fourth-order valence-corrected chi connectivity index (χ4v) is 3.34. The molecule has 0 aliphatic carbocycles. The SMILES string of the molecule is COc1ccc(N2CC(C(=O)Nc3ccc4c(c3)OCO4)CC2=O)cc1OC. The summed E-state index contributed by atoms with van der Waals surface area (Å²) in [5, 5.41) is 2.85. The Kier molecular flexibility index (Phi) is 4.68. The summed E-state index contributed by atoms with van der Waals surface area (Å²) in [4.78, 5) is 26.7. The van der Waals surface area contributed by atoms with Gasteiger partial charge in [0.15, 0.2) is 23.0 Å². The maximum Gasteiger partial charge on any atom is 0.231 e.